The maximum atomic E-state index is 13.0. The summed E-state index contributed by atoms with van der Waals surface area (Å²) in [5.74, 6) is 2.02. The molecule has 2 aromatic carbocycles. The first kappa shape index (κ1) is 21.7. The van der Waals surface area contributed by atoms with Gasteiger partial charge in [-0.1, -0.05) is 12.1 Å². The molecule has 174 valence electrons. The number of benzene rings is 2. The van der Waals surface area contributed by atoms with Crippen LogP contribution in [0.15, 0.2) is 53.6 Å². The number of carbonyl (C=O) groups is 1. The molecule has 34 heavy (non-hydrogen) atoms. The molecular weight excluding hydrogens is 434 g/mol. The first-order chi connectivity index (χ1) is 16.5. The zero-order valence-electron chi connectivity index (χ0n) is 19.1. The third-order valence-electron chi connectivity index (χ3n) is 6.04. The average molecular weight is 460 g/mol. The van der Waals surface area contributed by atoms with Crippen LogP contribution in [-0.2, 0) is 17.8 Å². The Balaban J connectivity index is 1.20. The second-order valence-corrected chi connectivity index (χ2v) is 8.37. The van der Waals surface area contributed by atoms with E-state index >= 15 is 0 Å². The summed E-state index contributed by atoms with van der Waals surface area (Å²) in [6, 6.07) is 11.5. The van der Waals surface area contributed by atoms with E-state index in [4.69, 9.17) is 9.47 Å². The lowest BCUT2D eigenvalue weighted by Crippen LogP contribution is -2.22. The van der Waals surface area contributed by atoms with Crippen molar-refractivity contribution < 1.29 is 14.3 Å². The van der Waals surface area contributed by atoms with E-state index in [0.29, 0.717) is 37.4 Å². The van der Waals surface area contributed by atoms with Crippen molar-refractivity contribution in [3.8, 4) is 17.2 Å². The number of nitrogens with one attached hydrogen (secondary N) is 1. The number of amides is 1. The molecule has 1 aliphatic heterocycles. The van der Waals surface area contributed by atoms with E-state index < -0.39 is 0 Å². The quantitative estimate of drug-likeness (QED) is 0.456. The minimum absolute atomic E-state index is 0.0522. The molecule has 9 heteroatoms. The smallest absolute Gasteiger partial charge is 0.300 e. The second-order valence-electron chi connectivity index (χ2n) is 8.37. The predicted molar refractivity (Wildman–Crippen MR) is 125 cm³/mol. The summed E-state index contributed by atoms with van der Waals surface area (Å²) >= 11 is 0. The monoisotopic (exact) mass is 459 g/mol. The van der Waals surface area contributed by atoms with Gasteiger partial charge in [-0.05, 0) is 61.2 Å². The van der Waals surface area contributed by atoms with Crippen LogP contribution in [0.3, 0.4) is 0 Å². The van der Waals surface area contributed by atoms with Crippen LogP contribution in [-0.4, -0.2) is 31.9 Å². The molecule has 2 aromatic heterocycles. The zero-order chi connectivity index (χ0) is 23.7. The van der Waals surface area contributed by atoms with Crippen LogP contribution in [0.1, 0.15) is 35.4 Å². The van der Waals surface area contributed by atoms with Gasteiger partial charge >= 0.3 is 5.56 Å². The summed E-state index contributed by atoms with van der Waals surface area (Å²) < 4.78 is 13.9. The van der Waals surface area contributed by atoms with E-state index in [-0.39, 0.29) is 23.9 Å². The van der Waals surface area contributed by atoms with Gasteiger partial charge in [0.05, 0.1) is 0 Å². The van der Waals surface area contributed by atoms with Crippen LogP contribution in [0.25, 0.3) is 11.3 Å². The highest BCUT2D eigenvalue weighted by atomic mass is 16.7. The molecular formula is C25H25N5O4. The van der Waals surface area contributed by atoms with Gasteiger partial charge in [-0.25, -0.2) is 0 Å². The number of ether oxygens (including phenoxy) is 2. The highest BCUT2D eigenvalue weighted by Gasteiger charge is 2.14. The number of aryl methyl sites for hydroxylation is 3. The van der Waals surface area contributed by atoms with Crippen LogP contribution in [0.5, 0.6) is 11.5 Å². The number of fused-ring (bicyclic) bond motifs is 2. The standard InChI is InChI=1S/C25H25N5O4/c1-16-6-8-19(12-17(16)2)29-10-11-30-22(27-28-24(30)25(29)32)4-3-5-23(31)26-14-18-7-9-20-21(13-18)34-15-33-20/h6-13H,3-5,14-15H2,1-2H3,(H,26,31). The van der Waals surface area contributed by atoms with Gasteiger partial charge in [-0.2, -0.15) is 0 Å². The van der Waals surface area contributed by atoms with Gasteiger partial charge in [-0.3, -0.25) is 18.6 Å². The maximum Gasteiger partial charge on any atom is 0.300 e. The highest BCUT2D eigenvalue weighted by Crippen LogP contribution is 2.32. The number of nitrogens with zero attached hydrogens (tertiary/aromatic N) is 4. The Labute approximate surface area is 196 Å². The van der Waals surface area contributed by atoms with Crippen LogP contribution in [0, 0.1) is 13.8 Å². The molecule has 0 saturated heterocycles. The predicted octanol–water partition coefficient (Wildman–Crippen LogP) is 2.86. The summed E-state index contributed by atoms with van der Waals surface area (Å²) in [4.78, 5) is 25.3. The number of hydrogen-bond donors (Lipinski definition) is 1. The Morgan fingerprint density at radius 1 is 1.03 bits per heavy atom. The lowest BCUT2D eigenvalue weighted by atomic mass is 10.1. The van der Waals surface area contributed by atoms with Crippen molar-refractivity contribution >= 4 is 11.6 Å². The van der Waals surface area contributed by atoms with Crippen molar-refractivity contribution in [2.45, 2.75) is 39.7 Å². The summed E-state index contributed by atoms with van der Waals surface area (Å²) in [7, 11) is 0. The normalized spacial score (nSPS) is 12.3. The zero-order valence-corrected chi connectivity index (χ0v) is 19.1. The Morgan fingerprint density at radius 2 is 1.88 bits per heavy atom. The van der Waals surface area contributed by atoms with Gasteiger partial charge < -0.3 is 14.8 Å². The molecule has 0 radical (unpaired) electrons. The van der Waals surface area contributed by atoms with E-state index in [0.717, 1.165) is 22.6 Å². The van der Waals surface area contributed by atoms with Gasteiger partial charge in [0.1, 0.15) is 5.82 Å². The highest BCUT2D eigenvalue weighted by molar-refractivity contribution is 5.75. The van der Waals surface area contributed by atoms with E-state index in [1.807, 2.05) is 50.2 Å². The minimum atomic E-state index is -0.231. The average Bonchev–Trinajstić information content (AvgIpc) is 3.47. The van der Waals surface area contributed by atoms with Crippen LogP contribution in [0.2, 0.25) is 0 Å². The molecule has 4 aromatic rings. The number of carbonyl (C=O) groups excluding carboxylic acids is 1. The molecule has 1 N–H and O–H groups in total. The SMILES string of the molecule is Cc1ccc(-n2ccn3c(CCCC(=O)NCc4ccc5c(c4)OCO5)nnc3c2=O)cc1C. The van der Waals surface area contributed by atoms with Crippen molar-refractivity contribution in [3.05, 3.63) is 81.7 Å². The molecule has 1 aliphatic rings. The Bertz CT molecular complexity index is 1440. The second kappa shape index (κ2) is 9.01. The van der Waals surface area contributed by atoms with Crippen molar-refractivity contribution in [1.82, 2.24) is 24.5 Å². The van der Waals surface area contributed by atoms with Crippen LogP contribution in [0.4, 0.5) is 0 Å². The molecule has 0 fully saturated rings. The van der Waals surface area contributed by atoms with E-state index in [1.165, 1.54) is 5.56 Å². The molecule has 0 spiro atoms. The Kier molecular flexibility index (Phi) is 5.75. The summed E-state index contributed by atoms with van der Waals surface area (Å²) in [6.07, 6.45) is 4.99. The molecule has 0 unspecified atom stereocenters. The maximum absolute atomic E-state index is 13.0. The van der Waals surface area contributed by atoms with Gasteiger partial charge in [0.15, 0.2) is 11.5 Å². The van der Waals surface area contributed by atoms with Crippen molar-refractivity contribution in [3.63, 3.8) is 0 Å². The third kappa shape index (κ3) is 4.24. The van der Waals surface area contributed by atoms with Gasteiger partial charge in [0.2, 0.25) is 18.3 Å². The van der Waals surface area contributed by atoms with Crippen molar-refractivity contribution in [2.75, 3.05) is 6.79 Å². The molecule has 0 atom stereocenters. The van der Waals surface area contributed by atoms with Gasteiger partial charge in [-0.15, -0.1) is 10.2 Å². The van der Waals surface area contributed by atoms with E-state index in [2.05, 4.69) is 15.5 Å². The Morgan fingerprint density at radius 3 is 2.74 bits per heavy atom. The molecule has 0 aliphatic carbocycles. The van der Waals surface area contributed by atoms with Crippen molar-refractivity contribution in [1.29, 1.82) is 0 Å². The fourth-order valence-corrected chi connectivity index (χ4v) is 3.93. The third-order valence-corrected chi connectivity index (χ3v) is 6.04. The Hall–Kier alpha value is -4.14. The van der Waals surface area contributed by atoms with Crippen LogP contribution < -0.4 is 20.3 Å². The summed E-state index contributed by atoms with van der Waals surface area (Å²) in [5, 5.41) is 11.2. The van der Waals surface area contributed by atoms with Crippen LogP contribution >= 0.6 is 0 Å². The summed E-state index contributed by atoms with van der Waals surface area (Å²) in [5.41, 5.74) is 4.06. The molecule has 0 saturated carbocycles. The van der Waals surface area contributed by atoms with Gasteiger partial charge in [0.25, 0.3) is 0 Å². The molecule has 3 heterocycles. The lowest BCUT2D eigenvalue weighted by molar-refractivity contribution is -0.121. The largest absolute Gasteiger partial charge is 0.454 e. The van der Waals surface area contributed by atoms with Gasteiger partial charge in [0, 0.05) is 37.5 Å². The number of rotatable bonds is 7. The minimum Gasteiger partial charge on any atom is -0.454 e. The summed E-state index contributed by atoms with van der Waals surface area (Å²) in [6.45, 7) is 4.69. The molecule has 0 bridgehead atoms. The fourth-order valence-electron chi connectivity index (χ4n) is 3.93. The topological polar surface area (TPSA) is 99.8 Å². The first-order valence-corrected chi connectivity index (χ1v) is 11.2. The fraction of sp³-hybridized carbons (Fsp3) is 0.280. The lowest BCUT2D eigenvalue weighted by Gasteiger charge is -2.09. The molecule has 9 nitrogen and oxygen atoms in total. The molecule has 1 amide bonds. The molecule has 5 rings (SSSR count). The van der Waals surface area contributed by atoms with E-state index in [9.17, 15) is 9.59 Å². The van der Waals surface area contributed by atoms with Crippen molar-refractivity contribution in [2.24, 2.45) is 0 Å². The first-order valence-electron chi connectivity index (χ1n) is 11.2. The van der Waals surface area contributed by atoms with E-state index in [1.54, 1.807) is 21.4 Å². The number of aromatic nitrogens is 4. The number of hydrogen-bond acceptors (Lipinski definition) is 6.